The molecule has 0 aliphatic rings. The van der Waals surface area contributed by atoms with E-state index in [1.54, 1.807) is 6.20 Å². The third kappa shape index (κ3) is 3.02. The lowest BCUT2D eigenvalue weighted by molar-refractivity contribution is 0.505. The molecule has 0 atom stereocenters. The summed E-state index contributed by atoms with van der Waals surface area (Å²) in [4.78, 5) is 4.94. The molecule has 1 N–H and O–H groups in total. The first-order chi connectivity index (χ1) is 6.42. The number of hydrogen-bond acceptors (Lipinski definition) is 4. The summed E-state index contributed by atoms with van der Waals surface area (Å²) in [7, 11) is -0.352. The van der Waals surface area contributed by atoms with Crippen LogP contribution in [0.1, 0.15) is 9.88 Å². The van der Waals surface area contributed by atoms with Gasteiger partial charge in [0.05, 0.1) is 5.01 Å². The van der Waals surface area contributed by atoms with Crippen LogP contribution in [0.4, 0.5) is 0 Å². The molecule has 1 heterocycles. The van der Waals surface area contributed by atoms with E-state index < -0.39 is 10.2 Å². The number of hydrogen-bond donors (Lipinski definition) is 1. The summed E-state index contributed by atoms with van der Waals surface area (Å²) in [6.45, 7) is 2.18. The van der Waals surface area contributed by atoms with Crippen LogP contribution >= 0.6 is 11.3 Å². The minimum Gasteiger partial charge on any atom is -0.250 e. The molecular formula is C7H13N3O2S2. The second-order valence-corrected chi connectivity index (χ2v) is 6.24. The normalized spacial score (nSPS) is 12.3. The minimum atomic E-state index is -3.32. The third-order valence-electron chi connectivity index (χ3n) is 1.58. The van der Waals surface area contributed by atoms with Crippen LogP contribution in [-0.2, 0) is 16.8 Å². The Hall–Kier alpha value is -0.500. The first-order valence-corrected chi connectivity index (χ1v) is 6.26. The van der Waals surface area contributed by atoms with Gasteiger partial charge in [0.15, 0.2) is 0 Å². The van der Waals surface area contributed by atoms with Crippen LogP contribution in [0, 0.1) is 6.92 Å². The standard InChI is InChI=1S/C7H13N3O2S2/c1-6-8-4-7(13-6)5-9-14(11,12)10(2)3/h4,9H,5H2,1-3H3. The Morgan fingerprint density at radius 2 is 2.21 bits per heavy atom. The average Bonchev–Trinajstić information content (AvgIpc) is 2.48. The maximum atomic E-state index is 11.3. The van der Waals surface area contributed by atoms with E-state index in [0.29, 0.717) is 6.54 Å². The molecule has 1 rings (SSSR count). The predicted octanol–water partition coefficient (Wildman–Crippen LogP) is 0.348. The lowest BCUT2D eigenvalue weighted by atomic mass is 10.6. The molecule has 0 unspecified atom stereocenters. The molecule has 80 valence electrons. The molecule has 0 aliphatic carbocycles. The number of aryl methyl sites for hydroxylation is 1. The number of aromatic nitrogens is 1. The van der Waals surface area contributed by atoms with Gasteiger partial charge in [0.1, 0.15) is 0 Å². The van der Waals surface area contributed by atoms with E-state index in [1.165, 1.54) is 25.4 Å². The maximum Gasteiger partial charge on any atom is 0.279 e. The van der Waals surface area contributed by atoms with Crippen molar-refractivity contribution in [3.8, 4) is 0 Å². The smallest absolute Gasteiger partial charge is 0.250 e. The molecule has 1 aromatic rings. The van der Waals surface area contributed by atoms with Gasteiger partial charge >= 0.3 is 0 Å². The van der Waals surface area contributed by atoms with Crippen LogP contribution < -0.4 is 4.72 Å². The summed E-state index contributed by atoms with van der Waals surface area (Å²) in [6.07, 6.45) is 1.68. The predicted molar refractivity (Wildman–Crippen MR) is 56.3 cm³/mol. The monoisotopic (exact) mass is 235 g/mol. The summed E-state index contributed by atoms with van der Waals surface area (Å²) in [6, 6.07) is 0. The molecule has 0 amide bonds. The molecule has 0 radical (unpaired) electrons. The summed E-state index contributed by atoms with van der Waals surface area (Å²) < 4.78 is 26.2. The molecule has 0 fully saturated rings. The molecule has 14 heavy (non-hydrogen) atoms. The fourth-order valence-corrected chi connectivity index (χ4v) is 2.20. The molecule has 0 saturated carbocycles. The van der Waals surface area contributed by atoms with Crippen molar-refractivity contribution in [3.05, 3.63) is 16.1 Å². The van der Waals surface area contributed by atoms with Crippen LogP contribution in [0.25, 0.3) is 0 Å². The summed E-state index contributed by atoms with van der Waals surface area (Å²) in [5.41, 5.74) is 0. The van der Waals surface area contributed by atoms with E-state index in [9.17, 15) is 8.42 Å². The van der Waals surface area contributed by atoms with Crippen LogP contribution in [0.15, 0.2) is 6.20 Å². The molecule has 0 aromatic carbocycles. The van der Waals surface area contributed by atoms with Gasteiger partial charge in [0, 0.05) is 31.7 Å². The van der Waals surface area contributed by atoms with Gasteiger partial charge in [-0.05, 0) is 6.92 Å². The van der Waals surface area contributed by atoms with Gasteiger partial charge in [0.2, 0.25) is 0 Å². The zero-order valence-electron chi connectivity index (χ0n) is 8.31. The van der Waals surface area contributed by atoms with E-state index in [0.717, 1.165) is 14.2 Å². The molecule has 5 nitrogen and oxygen atoms in total. The van der Waals surface area contributed by atoms with Crippen molar-refractivity contribution in [1.29, 1.82) is 0 Å². The van der Waals surface area contributed by atoms with Gasteiger partial charge in [-0.1, -0.05) is 0 Å². The van der Waals surface area contributed by atoms with Gasteiger partial charge in [-0.3, -0.25) is 0 Å². The highest BCUT2D eigenvalue weighted by atomic mass is 32.2. The first-order valence-electron chi connectivity index (χ1n) is 4.00. The first kappa shape index (κ1) is 11.6. The zero-order valence-corrected chi connectivity index (χ0v) is 9.94. The summed E-state index contributed by atoms with van der Waals surface area (Å²) in [5, 5.41) is 0.934. The lowest BCUT2D eigenvalue weighted by Gasteiger charge is -2.10. The lowest BCUT2D eigenvalue weighted by Crippen LogP contribution is -2.34. The highest BCUT2D eigenvalue weighted by molar-refractivity contribution is 7.87. The molecule has 0 saturated heterocycles. The van der Waals surface area contributed by atoms with Crippen molar-refractivity contribution in [3.63, 3.8) is 0 Å². The highest BCUT2D eigenvalue weighted by Crippen LogP contribution is 2.11. The van der Waals surface area contributed by atoms with Crippen molar-refractivity contribution in [2.75, 3.05) is 14.1 Å². The molecule has 7 heteroatoms. The van der Waals surface area contributed by atoms with Crippen molar-refractivity contribution in [2.45, 2.75) is 13.5 Å². The van der Waals surface area contributed by atoms with Crippen LogP contribution in [0.3, 0.4) is 0 Å². The minimum absolute atomic E-state index is 0.298. The van der Waals surface area contributed by atoms with E-state index in [2.05, 4.69) is 9.71 Å². The third-order valence-corrected chi connectivity index (χ3v) is 3.96. The number of nitrogens with zero attached hydrogens (tertiary/aromatic N) is 2. The Labute approximate surface area is 88.0 Å². The Kier molecular flexibility index (Phi) is 3.59. The molecular weight excluding hydrogens is 222 g/mol. The number of nitrogens with one attached hydrogen (secondary N) is 1. The summed E-state index contributed by atoms with van der Waals surface area (Å²) >= 11 is 1.48. The van der Waals surface area contributed by atoms with E-state index in [-0.39, 0.29) is 0 Å². The maximum absolute atomic E-state index is 11.3. The van der Waals surface area contributed by atoms with Gasteiger partial charge in [0.25, 0.3) is 10.2 Å². The molecule has 0 bridgehead atoms. The Morgan fingerprint density at radius 3 is 2.64 bits per heavy atom. The summed E-state index contributed by atoms with van der Waals surface area (Å²) in [5.74, 6) is 0. The SMILES string of the molecule is Cc1ncc(CNS(=O)(=O)N(C)C)s1. The van der Waals surface area contributed by atoms with Crippen molar-refractivity contribution in [2.24, 2.45) is 0 Å². The van der Waals surface area contributed by atoms with Crippen LogP contribution in [0.5, 0.6) is 0 Å². The average molecular weight is 235 g/mol. The van der Waals surface area contributed by atoms with Gasteiger partial charge in [-0.15, -0.1) is 11.3 Å². The van der Waals surface area contributed by atoms with Crippen molar-refractivity contribution < 1.29 is 8.42 Å². The van der Waals surface area contributed by atoms with Crippen molar-refractivity contribution >= 4 is 21.5 Å². The number of rotatable bonds is 4. The van der Waals surface area contributed by atoms with Crippen LogP contribution in [-0.4, -0.2) is 31.8 Å². The largest absolute Gasteiger partial charge is 0.279 e. The van der Waals surface area contributed by atoms with Crippen molar-refractivity contribution in [1.82, 2.24) is 14.0 Å². The highest BCUT2D eigenvalue weighted by Gasteiger charge is 2.12. The van der Waals surface area contributed by atoms with Crippen LogP contribution in [0.2, 0.25) is 0 Å². The topological polar surface area (TPSA) is 62.3 Å². The van der Waals surface area contributed by atoms with E-state index >= 15 is 0 Å². The molecule has 0 aliphatic heterocycles. The Morgan fingerprint density at radius 1 is 1.57 bits per heavy atom. The molecule has 1 aromatic heterocycles. The van der Waals surface area contributed by atoms with Gasteiger partial charge in [-0.2, -0.15) is 17.4 Å². The van der Waals surface area contributed by atoms with E-state index in [1.807, 2.05) is 6.92 Å². The van der Waals surface area contributed by atoms with Gasteiger partial charge < -0.3 is 0 Å². The number of thiazole rings is 1. The second kappa shape index (κ2) is 4.35. The molecule has 0 spiro atoms. The zero-order chi connectivity index (χ0) is 10.8. The fraction of sp³-hybridized carbons (Fsp3) is 0.571. The van der Waals surface area contributed by atoms with E-state index in [4.69, 9.17) is 0 Å². The fourth-order valence-electron chi connectivity index (χ4n) is 0.778. The quantitative estimate of drug-likeness (QED) is 0.819. The second-order valence-electron chi connectivity index (χ2n) is 2.95. The Bertz CT molecular complexity index is 397. The Balaban J connectivity index is 2.57. The van der Waals surface area contributed by atoms with Gasteiger partial charge in [-0.25, -0.2) is 4.98 Å².